The van der Waals surface area contributed by atoms with Crippen LogP contribution in [0.15, 0.2) is 72.8 Å². The number of benzene rings is 2. The molecule has 15 heteroatoms. The van der Waals surface area contributed by atoms with Crippen LogP contribution in [0, 0.1) is 0 Å². The fraction of sp³-hybridized carbons (Fsp3) is 0.678. The van der Waals surface area contributed by atoms with Crippen LogP contribution in [-0.2, 0) is 47.5 Å². The van der Waals surface area contributed by atoms with Gasteiger partial charge in [-0.15, -0.1) is 0 Å². The maximum Gasteiger partial charge on any atom is 0.338 e. The first kappa shape index (κ1) is 63.6. The Bertz CT molecular complexity index is 1830. The molecule has 2 aromatic carbocycles. The van der Waals surface area contributed by atoms with Crippen LogP contribution in [-0.4, -0.2) is 116 Å². The highest BCUT2D eigenvalue weighted by atomic mass is 16.7. The highest BCUT2D eigenvalue weighted by Crippen LogP contribution is 2.29. The first-order chi connectivity index (χ1) is 36.1. The number of carboxylic acids is 1. The summed E-state index contributed by atoms with van der Waals surface area (Å²) in [6.07, 6.45) is 24.4. The van der Waals surface area contributed by atoms with E-state index in [0.29, 0.717) is 18.4 Å². The molecule has 1 saturated heterocycles. The Morgan fingerprint density at radius 2 is 1.14 bits per heavy atom. The summed E-state index contributed by atoms with van der Waals surface area (Å²) in [5.74, 6) is -3.77. The van der Waals surface area contributed by atoms with Crippen molar-refractivity contribution in [2.75, 3.05) is 33.5 Å². The first-order valence-electron chi connectivity index (χ1n) is 28.0. The zero-order chi connectivity index (χ0) is 53.4. The van der Waals surface area contributed by atoms with E-state index in [2.05, 4.69) is 19.2 Å². The molecule has 0 saturated carbocycles. The Balaban J connectivity index is 1.85. The van der Waals surface area contributed by atoms with Gasteiger partial charge in [0.2, 0.25) is 5.91 Å². The van der Waals surface area contributed by atoms with Gasteiger partial charge in [0.1, 0.15) is 37.6 Å². The SMILES string of the molecule is CCCCCCCCCCCCC/C=C/[C@@H](OC(=O)c1ccccc1)[C@H](CO[C@H]1O[C@H](COCC(=O)O)[C@H](OCC(=O)OC)[C@H](O)[C@H]1OC(=O)c1ccccc1)NC(=O)CCCCCCCCCCCCCCC. The Hall–Kier alpha value is -4.67. The number of aliphatic hydroxyl groups is 1. The molecule has 74 heavy (non-hydrogen) atoms. The number of hydrogen-bond donors (Lipinski definition) is 3. The summed E-state index contributed by atoms with van der Waals surface area (Å²) in [5.41, 5.74) is 0.467. The number of ether oxygens (including phenoxy) is 7. The molecule has 0 unspecified atom stereocenters. The van der Waals surface area contributed by atoms with Gasteiger partial charge in [0.05, 0.1) is 37.5 Å². The molecular formula is C59H91NO14. The fourth-order valence-electron chi connectivity index (χ4n) is 8.92. The van der Waals surface area contributed by atoms with Crippen molar-refractivity contribution in [1.29, 1.82) is 0 Å². The standard InChI is InChI=1S/C59H91NO14/c1-4-6-8-10-12-14-16-18-20-22-24-26-34-40-49(72-57(66)46-36-30-28-31-37-46)48(60-51(61)41-35-27-25-23-21-19-17-15-13-11-9-7-5-2)42-71-59-56(74-58(67)47-38-32-29-33-39-47)54(65)55(70-45-53(64)68-3)50(73-59)43-69-44-52(62)63/h28-34,36-40,48-50,54-56,59,65H,4-27,35,41-45H2,1-3H3,(H,60,61)(H,62,63)/b40-34+/t48-,49+,50+,54-,55-,56+,59-/m0/s1. The Kier molecular flexibility index (Phi) is 34.9. The van der Waals surface area contributed by atoms with Crippen LogP contribution in [0.3, 0.4) is 0 Å². The number of carbonyl (C=O) groups is 5. The van der Waals surface area contributed by atoms with E-state index in [0.717, 1.165) is 45.6 Å². The molecule has 1 aliphatic rings. The minimum Gasteiger partial charge on any atom is -0.480 e. The third-order valence-corrected chi connectivity index (χ3v) is 13.2. The topological polar surface area (TPSA) is 202 Å². The molecular weight excluding hydrogens is 947 g/mol. The summed E-state index contributed by atoms with van der Waals surface area (Å²) in [5, 5.41) is 24.3. The number of aliphatic carboxylic acids is 1. The van der Waals surface area contributed by atoms with Crippen molar-refractivity contribution in [3.8, 4) is 0 Å². The maximum atomic E-state index is 13.9. The zero-order valence-electron chi connectivity index (χ0n) is 45.0. The quantitative estimate of drug-likeness (QED) is 0.0245. The van der Waals surface area contributed by atoms with Crippen molar-refractivity contribution in [2.45, 2.75) is 224 Å². The number of carboxylic acid groups (broad SMARTS) is 1. The first-order valence-corrected chi connectivity index (χ1v) is 28.0. The van der Waals surface area contributed by atoms with Crippen molar-refractivity contribution < 1.29 is 67.3 Å². The summed E-state index contributed by atoms with van der Waals surface area (Å²) in [6, 6.07) is 15.6. The van der Waals surface area contributed by atoms with Gasteiger partial charge in [-0.3, -0.25) is 4.79 Å². The number of carbonyl (C=O) groups excluding carboxylic acids is 4. The smallest absolute Gasteiger partial charge is 0.338 e. The normalized spacial score (nSPS) is 18.4. The second-order valence-electron chi connectivity index (χ2n) is 19.5. The van der Waals surface area contributed by atoms with E-state index < -0.39 is 86.5 Å². The van der Waals surface area contributed by atoms with Gasteiger partial charge < -0.3 is 48.7 Å². The number of allylic oxidation sites excluding steroid dienone is 1. The monoisotopic (exact) mass is 1040 g/mol. The number of nitrogens with one attached hydrogen (secondary N) is 1. The minimum atomic E-state index is -1.72. The van der Waals surface area contributed by atoms with Gasteiger partial charge in [-0.25, -0.2) is 19.2 Å². The predicted octanol–water partition coefficient (Wildman–Crippen LogP) is 11.4. The van der Waals surface area contributed by atoms with Crippen LogP contribution in [0.2, 0.25) is 0 Å². The summed E-state index contributed by atoms with van der Waals surface area (Å²) >= 11 is 0. The lowest BCUT2D eigenvalue weighted by Crippen LogP contribution is -2.62. The largest absolute Gasteiger partial charge is 0.480 e. The molecule has 1 fully saturated rings. The molecule has 7 atom stereocenters. The van der Waals surface area contributed by atoms with Crippen molar-refractivity contribution >= 4 is 29.8 Å². The minimum absolute atomic E-state index is 0.159. The molecule has 3 rings (SSSR count). The van der Waals surface area contributed by atoms with Crippen molar-refractivity contribution in [2.24, 2.45) is 0 Å². The molecule has 416 valence electrons. The highest BCUT2D eigenvalue weighted by molar-refractivity contribution is 5.90. The molecule has 1 amide bonds. The third kappa shape index (κ3) is 27.7. The van der Waals surface area contributed by atoms with Crippen LogP contribution in [0.5, 0.6) is 0 Å². The zero-order valence-corrected chi connectivity index (χ0v) is 45.0. The van der Waals surface area contributed by atoms with E-state index >= 15 is 0 Å². The fourth-order valence-corrected chi connectivity index (χ4v) is 8.92. The van der Waals surface area contributed by atoms with E-state index in [4.69, 9.17) is 33.2 Å². The van der Waals surface area contributed by atoms with Gasteiger partial charge in [0, 0.05) is 6.42 Å². The summed E-state index contributed by atoms with van der Waals surface area (Å²) < 4.78 is 40.6. The molecule has 0 aliphatic carbocycles. The number of amides is 1. The second kappa shape index (κ2) is 40.6. The second-order valence-corrected chi connectivity index (χ2v) is 19.5. The van der Waals surface area contributed by atoms with Gasteiger partial charge in [0.25, 0.3) is 0 Å². The van der Waals surface area contributed by atoms with Gasteiger partial charge in [-0.05, 0) is 49.6 Å². The van der Waals surface area contributed by atoms with E-state index in [9.17, 15) is 34.2 Å². The molecule has 0 radical (unpaired) electrons. The van der Waals surface area contributed by atoms with E-state index in [1.54, 1.807) is 54.6 Å². The number of esters is 3. The van der Waals surface area contributed by atoms with Gasteiger partial charge >= 0.3 is 23.9 Å². The average molecular weight is 1040 g/mol. The predicted molar refractivity (Wildman–Crippen MR) is 285 cm³/mol. The molecule has 2 aromatic rings. The van der Waals surface area contributed by atoms with E-state index in [1.165, 1.54) is 121 Å². The number of aliphatic hydroxyl groups excluding tert-OH is 1. The molecule has 1 heterocycles. The number of hydrogen-bond acceptors (Lipinski definition) is 13. The lowest BCUT2D eigenvalue weighted by Gasteiger charge is -2.43. The highest BCUT2D eigenvalue weighted by Gasteiger charge is 2.49. The van der Waals surface area contributed by atoms with E-state index in [1.807, 2.05) is 6.08 Å². The Morgan fingerprint density at radius 3 is 1.65 bits per heavy atom. The van der Waals surface area contributed by atoms with Crippen molar-refractivity contribution in [1.82, 2.24) is 5.32 Å². The van der Waals surface area contributed by atoms with Crippen LogP contribution in [0.1, 0.15) is 202 Å². The third-order valence-electron chi connectivity index (χ3n) is 13.2. The molecule has 1 aliphatic heterocycles. The van der Waals surface area contributed by atoms with Crippen molar-refractivity contribution in [3.05, 3.63) is 83.9 Å². The van der Waals surface area contributed by atoms with Crippen LogP contribution >= 0.6 is 0 Å². The van der Waals surface area contributed by atoms with Crippen LogP contribution < -0.4 is 5.32 Å². The lowest BCUT2D eigenvalue weighted by molar-refractivity contribution is -0.309. The van der Waals surface area contributed by atoms with Gasteiger partial charge in [-0.1, -0.05) is 198 Å². The Labute approximate surface area is 442 Å². The van der Waals surface area contributed by atoms with Gasteiger partial charge in [0.15, 0.2) is 12.4 Å². The van der Waals surface area contributed by atoms with Gasteiger partial charge in [-0.2, -0.15) is 0 Å². The average Bonchev–Trinajstić information content (AvgIpc) is 3.40. The van der Waals surface area contributed by atoms with Crippen molar-refractivity contribution in [3.63, 3.8) is 0 Å². The molecule has 0 aromatic heterocycles. The molecule has 0 spiro atoms. The van der Waals surface area contributed by atoms with E-state index in [-0.39, 0.29) is 24.5 Å². The summed E-state index contributed by atoms with van der Waals surface area (Å²) in [4.78, 5) is 64.9. The molecule has 15 nitrogen and oxygen atoms in total. The Morgan fingerprint density at radius 1 is 0.635 bits per heavy atom. The van der Waals surface area contributed by atoms with Crippen LogP contribution in [0.4, 0.5) is 0 Å². The maximum absolute atomic E-state index is 13.9. The number of rotatable bonds is 43. The number of unbranched alkanes of at least 4 members (excludes halogenated alkanes) is 23. The van der Waals surface area contributed by atoms with Crippen LogP contribution in [0.25, 0.3) is 0 Å². The summed E-state index contributed by atoms with van der Waals surface area (Å²) in [7, 11) is 1.16. The molecule has 0 bridgehead atoms. The summed E-state index contributed by atoms with van der Waals surface area (Å²) in [6.45, 7) is 2.31. The lowest BCUT2D eigenvalue weighted by atomic mass is 9.98. The molecule has 3 N–H and O–H groups in total. The number of methoxy groups -OCH3 is 1.